The number of carbonyl (C=O) groups excluding carboxylic acids is 2. The molecule has 52 heavy (non-hydrogen) atoms. The highest BCUT2D eigenvalue weighted by Crippen LogP contribution is 2.38. The van der Waals surface area contributed by atoms with Gasteiger partial charge in [0.25, 0.3) is 5.91 Å². The van der Waals surface area contributed by atoms with Gasteiger partial charge in [0, 0.05) is 86.9 Å². The Bertz CT molecular complexity index is 2020. The zero-order chi connectivity index (χ0) is 37.1. The normalized spacial score (nSPS) is 15.7. The Morgan fingerprint density at radius 3 is 2.73 bits per heavy atom. The molecule has 0 radical (unpaired) electrons. The SMILES string of the molecule is COc1nc(-c2ccnc(-c3cccc(NC(=O)c4nc5c(n4C)CCN(CCCF)C5)c3C)c2Cl)cc(F)c1CN(C[C@@H]1CCC(=O)N1)C(=O)O. The minimum atomic E-state index is -1.28. The van der Waals surface area contributed by atoms with Crippen LogP contribution < -0.4 is 15.4 Å². The third-order valence-electron chi connectivity index (χ3n) is 9.52. The fraction of sp³-hybridized carbons (Fsp3) is 0.389. The molecule has 4 aromatic rings. The molecule has 1 atom stereocenters. The number of hydrogen-bond acceptors (Lipinski definition) is 8. The van der Waals surface area contributed by atoms with Gasteiger partial charge in [-0.1, -0.05) is 23.7 Å². The Hall–Kier alpha value is -5.15. The van der Waals surface area contributed by atoms with Crippen molar-refractivity contribution in [1.29, 1.82) is 0 Å². The summed E-state index contributed by atoms with van der Waals surface area (Å²) >= 11 is 6.93. The molecule has 1 aromatic carbocycles. The number of nitrogens with one attached hydrogen (secondary N) is 2. The van der Waals surface area contributed by atoms with E-state index in [2.05, 4.69) is 30.5 Å². The largest absolute Gasteiger partial charge is 0.481 e. The van der Waals surface area contributed by atoms with Crippen LogP contribution in [0.15, 0.2) is 36.5 Å². The van der Waals surface area contributed by atoms with E-state index in [0.717, 1.165) is 28.9 Å². The molecule has 16 heteroatoms. The number of nitrogens with zero attached hydrogens (tertiary/aromatic N) is 6. The number of amides is 3. The molecule has 3 aromatic heterocycles. The van der Waals surface area contributed by atoms with Crippen molar-refractivity contribution in [3.63, 3.8) is 0 Å². The Balaban J connectivity index is 1.24. The first kappa shape index (κ1) is 36.6. The van der Waals surface area contributed by atoms with Gasteiger partial charge in [-0.3, -0.25) is 23.9 Å². The standard InChI is InChI=1S/C36H39ClF2N8O5/c1-20-22(6-4-7-26(20)43-34(49)33-42-28-19-46(14-5-12-38)15-11-29(28)45(33)2)32-31(37)23(10-13-40-32)27-16-25(39)24(35(44-27)52-3)18-47(36(50)51)17-21-8-9-30(48)41-21/h4,6-7,10,13,16,21H,5,8-9,11-12,14-15,17-19H2,1-3H3,(H,41,48)(H,43,49)(H,50,51)/t21-/m0/s1. The average molecular weight is 737 g/mol. The lowest BCUT2D eigenvalue weighted by molar-refractivity contribution is -0.119. The maximum Gasteiger partial charge on any atom is 0.407 e. The number of aromatic nitrogens is 4. The summed E-state index contributed by atoms with van der Waals surface area (Å²) in [5, 5.41) is 15.7. The van der Waals surface area contributed by atoms with E-state index in [1.165, 1.54) is 13.3 Å². The zero-order valence-corrected chi connectivity index (χ0v) is 29.8. The van der Waals surface area contributed by atoms with E-state index in [9.17, 15) is 23.9 Å². The van der Waals surface area contributed by atoms with Crippen LogP contribution in [0.5, 0.6) is 5.88 Å². The predicted octanol–water partition coefficient (Wildman–Crippen LogP) is 5.38. The third-order valence-corrected chi connectivity index (χ3v) is 9.90. The summed E-state index contributed by atoms with van der Waals surface area (Å²) in [6.07, 6.45) is 2.18. The molecule has 5 heterocycles. The summed E-state index contributed by atoms with van der Waals surface area (Å²) in [6, 6.07) is 7.70. The van der Waals surface area contributed by atoms with E-state index in [4.69, 9.17) is 16.3 Å². The number of methoxy groups -OCH3 is 1. The first-order valence-corrected chi connectivity index (χ1v) is 17.3. The van der Waals surface area contributed by atoms with Gasteiger partial charge in [-0.25, -0.2) is 19.2 Å². The molecule has 3 amide bonds. The molecular weight excluding hydrogens is 698 g/mol. The lowest BCUT2D eigenvalue weighted by Gasteiger charge is -2.26. The van der Waals surface area contributed by atoms with Crippen molar-refractivity contribution in [3.8, 4) is 28.4 Å². The Morgan fingerprint density at radius 2 is 2.02 bits per heavy atom. The van der Waals surface area contributed by atoms with Gasteiger partial charge in [0.2, 0.25) is 11.8 Å². The Labute approximate surface area is 304 Å². The lowest BCUT2D eigenvalue weighted by Crippen LogP contribution is -2.41. The first-order chi connectivity index (χ1) is 25.0. The second-order valence-electron chi connectivity index (χ2n) is 12.9. The van der Waals surface area contributed by atoms with E-state index in [1.807, 2.05) is 14.0 Å². The van der Waals surface area contributed by atoms with Crippen LogP contribution in [-0.4, -0.2) is 91.8 Å². The number of halogens is 3. The summed E-state index contributed by atoms with van der Waals surface area (Å²) in [4.78, 5) is 54.0. The zero-order valence-electron chi connectivity index (χ0n) is 29.0. The van der Waals surface area contributed by atoms with Gasteiger partial charge in [0.05, 0.1) is 48.0 Å². The maximum atomic E-state index is 15.8. The van der Waals surface area contributed by atoms with Crippen LogP contribution in [0.1, 0.15) is 52.4 Å². The highest BCUT2D eigenvalue weighted by molar-refractivity contribution is 6.35. The fourth-order valence-electron chi connectivity index (χ4n) is 6.74. The molecule has 2 aliphatic heterocycles. The summed E-state index contributed by atoms with van der Waals surface area (Å²) in [7, 11) is 3.12. The van der Waals surface area contributed by atoms with E-state index in [-0.39, 0.29) is 65.6 Å². The van der Waals surface area contributed by atoms with Crippen LogP contribution in [0.4, 0.5) is 19.3 Å². The summed E-state index contributed by atoms with van der Waals surface area (Å²) < 4.78 is 35.7. The number of carbonyl (C=O) groups is 3. The summed E-state index contributed by atoms with van der Waals surface area (Å²) in [5.41, 5.74) is 4.40. The highest BCUT2D eigenvalue weighted by Gasteiger charge is 2.29. The molecule has 0 bridgehead atoms. The number of pyridine rings is 2. The molecule has 6 rings (SSSR count). The lowest BCUT2D eigenvalue weighted by atomic mass is 10.0. The number of alkyl halides is 1. The number of fused-ring (bicyclic) bond motifs is 1. The van der Waals surface area contributed by atoms with Crippen molar-refractivity contribution >= 4 is 35.2 Å². The van der Waals surface area contributed by atoms with E-state index in [1.54, 1.807) is 28.8 Å². The second-order valence-corrected chi connectivity index (χ2v) is 13.2. The molecule has 13 nitrogen and oxygen atoms in total. The van der Waals surface area contributed by atoms with Crippen LogP contribution >= 0.6 is 11.6 Å². The average Bonchev–Trinajstić information content (AvgIpc) is 3.69. The van der Waals surface area contributed by atoms with Gasteiger partial charge in [-0.05, 0) is 37.5 Å². The molecule has 0 saturated carbocycles. The molecule has 274 valence electrons. The van der Waals surface area contributed by atoms with Crippen LogP contribution in [0.25, 0.3) is 22.5 Å². The number of hydrogen-bond donors (Lipinski definition) is 3. The van der Waals surface area contributed by atoms with Crippen molar-refractivity contribution in [2.75, 3.05) is 38.7 Å². The van der Waals surface area contributed by atoms with Gasteiger partial charge in [0.15, 0.2) is 5.82 Å². The summed E-state index contributed by atoms with van der Waals surface area (Å²) in [5.74, 6) is -1.14. The van der Waals surface area contributed by atoms with Crippen molar-refractivity contribution in [1.82, 2.24) is 34.6 Å². The van der Waals surface area contributed by atoms with Crippen LogP contribution in [-0.2, 0) is 31.4 Å². The molecule has 0 unspecified atom stereocenters. The molecular formula is C36H39ClF2N8O5. The number of carboxylic acid groups (broad SMARTS) is 1. The molecule has 1 fully saturated rings. The number of benzene rings is 1. The second kappa shape index (κ2) is 15.6. The minimum Gasteiger partial charge on any atom is -0.481 e. The molecule has 0 spiro atoms. The van der Waals surface area contributed by atoms with E-state index in [0.29, 0.717) is 66.8 Å². The quantitative estimate of drug-likeness (QED) is 0.174. The first-order valence-electron chi connectivity index (χ1n) is 16.9. The van der Waals surface area contributed by atoms with Crippen molar-refractivity contribution in [2.24, 2.45) is 7.05 Å². The Morgan fingerprint density at radius 1 is 1.21 bits per heavy atom. The monoisotopic (exact) mass is 736 g/mol. The fourth-order valence-corrected chi connectivity index (χ4v) is 7.05. The van der Waals surface area contributed by atoms with Gasteiger partial charge >= 0.3 is 6.09 Å². The number of rotatable bonds is 12. The van der Waals surface area contributed by atoms with Gasteiger partial charge in [-0.15, -0.1) is 0 Å². The van der Waals surface area contributed by atoms with Crippen molar-refractivity contribution in [3.05, 3.63) is 75.7 Å². The van der Waals surface area contributed by atoms with Crippen LogP contribution in [0, 0.1) is 12.7 Å². The Kier molecular flexibility index (Phi) is 11.0. The van der Waals surface area contributed by atoms with Crippen molar-refractivity contribution < 1.29 is 33.0 Å². The number of anilines is 1. The predicted molar refractivity (Wildman–Crippen MR) is 189 cm³/mol. The minimum absolute atomic E-state index is 0.0189. The summed E-state index contributed by atoms with van der Waals surface area (Å²) in [6.45, 7) is 3.04. The smallest absolute Gasteiger partial charge is 0.407 e. The molecule has 1 saturated heterocycles. The van der Waals surface area contributed by atoms with Gasteiger partial charge in [-0.2, -0.15) is 0 Å². The third kappa shape index (κ3) is 7.55. The molecule has 2 aliphatic rings. The molecule has 0 aliphatic carbocycles. The molecule has 3 N–H and O–H groups in total. The number of ether oxygens (including phenoxy) is 1. The van der Waals surface area contributed by atoms with Crippen LogP contribution in [0.2, 0.25) is 5.02 Å². The van der Waals surface area contributed by atoms with Gasteiger partial charge in [0.1, 0.15) is 5.82 Å². The van der Waals surface area contributed by atoms with Crippen LogP contribution in [0.3, 0.4) is 0 Å². The van der Waals surface area contributed by atoms with E-state index >= 15 is 4.39 Å². The number of imidazole rings is 1. The topological polar surface area (TPSA) is 155 Å². The highest BCUT2D eigenvalue weighted by atomic mass is 35.5. The van der Waals surface area contributed by atoms with E-state index < -0.39 is 11.9 Å². The maximum absolute atomic E-state index is 15.8. The van der Waals surface area contributed by atoms with Gasteiger partial charge < -0.3 is 29.9 Å². The van der Waals surface area contributed by atoms with Crippen molar-refractivity contribution in [2.45, 2.75) is 51.7 Å².